The average Bonchev–Trinajstić information content (AvgIpc) is 2.63. The van der Waals surface area contributed by atoms with E-state index in [1.54, 1.807) is 33.4 Å². The molecule has 0 aromatic heterocycles. The quantitative estimate of drug-likeness (QED) is 0.416. The molecule has 0 nitrogen and oxygen atoms in total. The molecule has 2 aliphatic carbocycles. The van der Waals surface area contributed by atoms with E-state index in [2.05, 4.69) is 69.2 Å². The Balaban J connectivity index is 0.00000242. The Labute approximate surface area is 145 Å². The van der Waals surface area contributed by atoms with Gasteiger partial charge in [-0.2, -0.15) is 0 Å². The van der Waals surface area contributed by atoms with Crippen LogP contribution >= 0.6 is 0 Å². The van der Waals surface area contributed by atoms with E-state index in [1.165, 1.54) is 0 Å². The van der Waals surface area contributed by atoms with E-state index < -0.39 is 22.9 Å². The topological polar surface area (TPSA) is 0 Å². The molecule has 0 spiro atoms. The van der Waals surface area contributed by atoms with Gasteiger partial charge >= 0.3 is 143 Å². The standard InChI is InChI=1S/2C10H15.Hf.2H/c2*1-7-6-10(4,5)9(3)8(7)2;;;/h2*1-5H3;;;/q;;;2*-1. The van der Waals surface area contributed by atoms with Crippen molar-refractivity contribution >= 4 is 0 Å². The van der Waals surface area contributed by atoms with Crippen molar-refractivity contribution < 1.29 is 25.8 Å². The summed E-state index contributed by atoms with van der Waals surface area (Å²) in [5.41, 5.74) is 10.1. The first-order valence-electron chi connectivity index (χ1n) is 8.00. The molecule has 0 aromatic carbocycles. The van der Waals surface area contributed by atoms with E-state index in [4.69, 9.17) is 0 Å². The maximum atomic E-state index is 2.44. The van der Waals surface area contributed by atoms with Crippen molar-refractivity contribution in [2.45, 2.75) is 69.2 Å². The molecule has 118 valence electrons. The van der Waals surface area contributed by atoms with Gasteiger partial charge in [0.05, 0.1) is 0 Å². The fourth-order valence-corrected chi connectivity index (χ4v) is 11.0. The summed E-state index contributed by atoms with van der Waals surface area (Å²) in [6.07, 6.45) is 0. The second-order valence-electron chi connectivity index (χ2n) is 7.88. The zero-order chi connectivity index (χ0) is 16.3. The van der Waals surface area contributed by atoms with E-state index in [0.717, 1.165) is 0 Å². The molecule has 0 aliphatic heterocycles. The van der Waals surface area contributed by atoms with Crippen molar-refractivity contribution in [1.82, 2.24) is 0 Å². The van der Waals surface area contributed by atoms with Crippen molar-refractivity contribution in [2.24, 2.45) is 10.8 Å². The minimum Gasteiger partial charge on any atom is -1.00 e. The largest absolute Gasteiger partial charge is 1.00 e. The summed E-state index contributed by atoms with van der Waals surface area (Å²) in [7, 11) is 0. The molecule has 2 rings (SSSR count). The zero-order valence-corrected chi connectivity index (χ0v) is 19.1. The first-order valence-corrected chi connectivity index (χ1v) is 11.6. The van der Waals surface area contributed by atoms with Crippen LogP contribution in [0.2, 0.25) is 0 Å². The van der Waals surface area contributed by atoms with Crippen LogP contribution in [0.5, 0.6) is 0 Å². The van der Waals surface area contributed by atoms with Crippen molar-refractivity contribution in [1.29, 1.82) is 0 Å². The summed E-state index contributed by atoms with van der Waals surface area (Å²) in [6, 6.07) is 0. The molecule has 0 saturated carbocycles. The van der Waals surface area contributed by atoms with E-state index in [-0.39, 0.29) is 2.85 Å². The van der Waals surface area contributed by atoms with Gasteiger partial charge in [-0.05, 0) is 0 Å². The van der Waals surface area contributed by atoms with Crippen LogP contribution in [-0.2, 0) is 22.9 Å². The van der Waals surface area contributed by atoms with Crippen LogP contribution in [0.15, 0.2) is 40.1 Å². The molecule has 0 radical (unpaired) electrons. The van der Waals surface area contributed by atoms with Gasteiger partial charge in [0.25, 0.3) is 0 Å². The molecule has 0 saturated heterocycles. The van der Waals surface area contributed by atoms with Gasteiger partial charge in [0.1, 0.15) is 0 Å². The van der Waals surface area contributed by atoms with Crippen molar-refractivity contribution in [3.63, 3.8) is 0 Å². The van der Waals surface area contributed by atoms with Gasteiger partial charge in [-0.1, -0.05) is 0 Å². The van der Waals surface area contributed by atoms with Crippen LogP contribution in [0.4, 0.5) is 0 Å². The number of rotatable bonds is 2. The Kier molecular flexibility index (Phi) is 4.24. The number of hydrogen-bond donors (Lipinski definition) is 0. The van der Waals surface area contributed by atoms with Crippen molar-refractivity contribution in [3.05, 3.63) is 40.1 Å². The van der Waals surface area contributed by atoms with Crippen LogP contribution in [-0.4, -0.2) is 0 Å². The van der Waals surface area contributed by atoms with Crippen LogP contribution in [0.3, 0.4) is 0 Å². The fourth-order valence-electron chi connectivity index (χ4n) is 3.81. The normalized spacial score (nSPS) is 24.7. The molecule has 0 aromatic rings. The summed E-state index contributed by atoms with van der Waals surface area (Å²) in [5.74, 6) is 0. The molecule has 0 fully saturated rings. The van der Waals surface area contributed by atoms with Crippen LogP contribution < -0.4 is 0 Å². The minimum absolute atomic E-state index is 0. The van der Waals surface area contributed by atoms with Gasteiger partial charge in [0.15, 0.2) is 0 Å². The molecule has 1 heteroatoms. The van der Waals surface area contributed by atoms with E-state index >= 15 is 0 Å². The smallest absolute Gasteiger partial charge is 1.00 e. The maximum Gasteiger partial charge on any atom is -1.00 e. The first-order chi connectivity index (χ1) is 9.44. The first kappa shape index (κ1) is 17.2. The summed E-state index contributed by atoms with van der Waals surface area (Å²) in [4.78, 5) is 0. The molecule has 0 heterocycles. The molecule has 0 bridgehead atoms. The molecule has 2 aliphatic rings. The molecule has 0 N–H and O–H groups in total. The molecule has 0 atom stereocenters. The predicted octanol–water partition coefficient (Wildman–Crippen LogP) is 6.59. The van der Waals surface area contributed by atoms with Crippen LogP contribution in [0.1, 0.15) is 72.1 Å². The van der Waals surface area contributed by atoms with Crippen molar-refractivity contribution in [2.75, 3.05) is 0 Å². The molecule has 21 heavy (non-hydrogen) atoms. The monoisotopic (exact) mass is 452 g/mol. The average molecular weight is 451 g/mol. The van der Waals surface area contributed by atoms with E-state index in [9.17, 15) is 0 Å². The Hall–Kier alpha value is -0.170. The van der Waals surface area contributed by atoms with Gasteiger partial charge in [-0.25, -0.2) is 0 Å². The fraction of sp³-hybridized carbons (Fsp3) is 0.600. The minimum atomic E-state index is -0.997. The Bertz CT molecular complexity index is 585. The SMILES string of the molecule is CC1=C(C)C(C)(C)[C]([Hf][C]2=C(C)C(C)=C(C)C2(C)C)=C1C.[H-].[H-]. The maximum absolute atomic E-state index is 2.44. The number of hydrogen-bond acceptors (Lipinski definition) is 0. The summed E-state index contributed by atoms with van der Waals surface area (Å²) < 4.78 is 3.64. The van der Waals surface area contributed by atoms with Crippen LogP contribution in [0.25, 0.3) is 0 Å². The van der Waals surface area contributed by atoms with Gasteiger partial charge in [0, 0.05) is 0 Å². The van der Waals surface area contributed by atoms with Gasteiger partial charge in [-0.3, -0.25) is 0 Å². The number of allylic oxidation sites excluding steroid dienone is 8. The zero-order valence-electron chi connectivity index (χ0n) is 17.5. The third-order valence-electron chi connectivity index (χ3n) is 6.38. The Morgan fingerprint density at radius 2 is 0.857 bits per heavy atom. The third-order valence-corrected chi connectivity index (χ3v) is 15.4. The van der Waals surface area contributed by atoms with Crippen LogP contribution in [0, 0.1) is 10.8 Å². The summed E-state index contributed by atoms with van der Waals surface area (Å²) >= 11 is -0.997. The van der Waals surface area contributed by atoms with E-state index in [1.807, 2.05) is 6.66 Å². The van der Waals surface area contributed by atoms with Gasteiger partial charge < -0.3 is 2.85 Å². The molecule has 0 unspecified atom stereocenters. The second kappa shape index (κ2) is 5.18. The third kappa shape index (κ3) is 2.35. The second-order valence-corrected chi connectivity index (χ2v) is 12.4. The van der Waals surface area contributed by atoms with Crippen molar-refractivity contribution in [3.8, 4) is 0 Å². The molecule has 0 amide bonds. The van der Waals surface area contributed by atoms with E-state index in [0.29, 0.717) is 10.8 Å². The Morgan fingerprint density at radius 1 is 0.571 bits per heavy atom. The van der Waals surface area contributed by atoms with Gasteiger partial charge in [0.2, 0.25) is 0 Å². The van der Waals surface area contributed by atoms with Gasteiger partial charge in [-0.15, -0.1) is 0 Å². The predicted molar refractivity (Wildman–Crippen MR) is 91.9 cm³/mol. The summed E-state index contributed by atoms with van der Waals surface area (Å²) in [6.45, 7) is 23.8. The molecular weight excluding hydrogens is 419 g/mol. The Morgan fingerprint density at radius 3 is 1.05 bits per heavy atom. The molecular formula is C20H32Hf-2. The summed E-state index contributed by atoms with van der Waals surface area (Å²) in [5, 5.41) is 0.